The fourth-order valence-corrected chi connectivity index (χ4v) is 3.52. The first kappa shape index (κ1) is 18.4. The lowest BCUT2D eigenvalue weighted by molar-refractivity contribution is -0.384. The molecule has 3 rings (SSSR count). The van der Waals surface area contributed by atoms with Crippen molar-refractivity contribution in [3.63, 3.8) is 0 Å². The van der Waals surface area contributed by atoms with E-state index in [9.17, 15) is 10.1 Å². The molecule has 136 valence electrons. The molecule has 2 heterocycles. The van der Waals surface area contributed by atoms with Crippen LogP contribution in [0.15, 0.2) is 29.7 Å². The Labute approximate surface area is 158 Å². The number of nitrogen functional groups attached to an aromatic ring is 1. The van der Waals surface area contributed by atoms with Gasteiger partial charge in [-0.2, -0.15) is 0 Å². The number of imidazole rings is 1. The summed E-state index contributed by atoms with van der Waals surface area (Å²) in [5.41, 5.74) is 7.69. The summed E-state index contributed by atoms with van der Waals surface area (Å²) in [4.78, 5) is 23.6. The van der Waals surface area contributed by atoms with E-state index in [1.54, 1.807) is 22.7 Å². The van der Waals surface area contributed by atoms with E-state index < -0.39 is 4.92 Å². The summed E-state index contributed by atoms with van der Waals surface area (Å²) < 4.78 is 1.77. The number of thioether (sulfide) groups is 1. The minimum Gasteiger partial charge on any atom is -0.382 e. The van der Waals surface area contributed by atoms with Gasteiger partial charge in [0, 0.05) is 22.9 Å². The molecule has 0 aliphatic heterocycles. The highest BCUT2D eigenvalue weighted by atomic mass is 35.5. The van der Waals surface area contributed by atoms with Crippen LogP contribution in [0.3, 0.4) is 0 Å². The van der Waals surface area contributed by atoms with Gasteiger partial charge in [-0.05, 0) is 18.1 Å². The highest BCUT2D eigenvalue weighted by Crippen LogP contribution is 2.26. The molecule has 1 aromatic carbocycles. The number of nitrogens with two attached hydrogens (primary N) is 1. The molecule has 10 heteroatoms. The number of anilines is 1. The van der Waals surface area contributed by atoms with Crippen LogP contribution in [0.5, 0.6) is 0 Å². The van der Waals surface area contributed by atoms with E-state index in [2.05, 4.69) is 21.9 Å². The van der Waals surface area contributed by atoms with Crippen LogP contribution in [0.25, 0.3) is 11.2 Å². The maximum absolute atomic E-state index is 11.0. The van der Waals surface area contributed by atoms with Gasteiger partial charge in [0.05, 0.1) is 17.8 Å². The van der Waals surface area contributed by atoms with Crippen molar-refractivity contribution in [2.45, 2.75) is 31.5 Å². The second-order valence-corrected chi connectivity index (χ2v) is 7.14. The fourth-order valence-electron chi connectivity index (χ4n) is 2.41. The van der Waals surface area contributed by atoms with Crippen molar-refractivity contribution in [2.75, 3.05) is 11.5 Å². The molecule has 0 saturated heterocycles. The first-order chi connectivity index (χ1) is 12.5. The van der Waals surface area contributed by atoms with E-state index in [1.165, 1.54) is 18.2 Å². The Kier molecular flexibility index (Phi) is 5.58. The van der Waals surface area contributed by atoms with Crippen LogP contribution in [-0.4, -0.2) is 30.2 Å². The van der Waals surface area contributed by atoms with Crippen LogP contribution >= 0.6 is 23.4 Å². The van der Waals surface area contributed by atoms with E-state index in [1.807, 2.05) is 0 Å². The second kappa shape index (κ2) is 7.88. The Morgan fingerprint density at radius 3 is 2.92 bits per heavy atom. The van der Waals surface area contributed by atoms with E-state index in [4.69, 9.17) is 17.3 Å². The third kappa shape index (κ3) is 3.88. The van der Waals surface area contributed by atoms with Crippen molar-refractivity contribution in [3.8, 4) is 0 Å². The molecule has 0 saturated carbocycles. The summed E-state index contributed by atoms with van der Waals surface area (Å²) in [5.74, 6) is 1.23. The number of hydrogen-bond donors (Lipinski definition) is 1. The fraction of sp³-hybridized carbons (Fsp3) is 0.312. The van der Waals surface area contributed by atoms with Gasteiger partial charge in [0.25, 0.3) is 5.69 Å². The van der Waals surface area contributed by atoms with Crippen LogP contribution < -0.4 is 5.73 Å². The second-order valence-electron chi connectivity index (χ2n) is 5.67. The number of nitro benzene ring substituents is 1. The molecule has 2 aromatic heterocycles. The monoisotopic (exact) mass is 392 g/mol. The van der Waals surface area contributed by atoms with Crippen molar-refractivity contribution < 1.29 is 4.92 Å². The Bertz CT molecular complexity index is 961. The number of non-ortho nitro benzene ring substituents is 1. The molecule has 0 unspecified atom stereocenters. The number of unbranched alkanes of at least 4 members (excludes halogenated alkanes) is 1. The van der Waals surface area contributed by atoms with Gasteiger partial charge in [-0.3, -0.25) is 10.1 Å². The van der Waals surface area contributed by atoms with E-state index in [0.717, 1.165) is 18.6 Å². The molecule has 26 heavy (non-hydrogen) atoms. The largest absolute Gasteiger partial charge is 0.382 e. The van der Waals surface area contributed by atoms with Crippen molar-refractivity contribution in [3.05, 3.63) is 45.2 Å². The number of fused-ring (bicyclic) bond motifs is 1. The van der Waals surface area contributed by atoms with Crippen LogP contribution in [0, 0.1) is 10.1 Å². The summed E-state index contributed by atoms with van der Waals surface area (Å²) in [6.07, 6.45) is 3.74. The minimum absolute atomic E-state index is 0.0150. The molecule has 2 N–H and O–H groups in total. The summed E-state index contributed by atoms with van der Waals surface area (Å²) in [5, 5.41) is 12.0. The zero-order valence-corrected chi connectivity index (χ0v) is 15.6. The Morgan fingerprint density at radius 2 is 2.19 bits per heavy atom. The molecule has 3 aromatic rings. The quantitative estimate of drug-likeness (QED) is 0.213. The van der Waals surface area contributed by atoms with Crippen molar-refractivity contribution in [1.82, 2.24) is 19.5 Å². The van der Waals surface area contributed by atoms with E-state index >= 15 is 0 Å². The van der Waals surface area contributed by atoms with Gasteiger partial charge in [0.2, 0.25) is 0 Å². The third-order valence-corrected chi connectivity index (χ3v) is 5.08. The van der Waals surface area contributed by atoms with Crippen LogP contribution in [-0.2, 0) is 6.54 Å². The lowest BCUT2D eigenvalue weighted by Crippen LogP contribution is -2.03. The van der Waals surface area contributed by atoms with Crippen molar-refractivity contribution in [1.29, 1.82) is 0 Å². The van der Waals surface area contributed by atoms with Gasteiger partial charge in [-0.25, -0.2) is 15.0 Å². The number of aromatic nitrogens is 4. The number of nitrogens with zero attached hydrogens (tertiary/aromatic N) is 5. The van der Waals surface area contributed by atoms with Gasteiger partial charge in [0.15, 0.2) is 16.6 Å². The number of hydrogen-bond acceptors (Lipinski definition) is 7. The van der Waals surface area contributed by atoms with Gasteiger partial charge < -0.3 is 10.3 Å². The number of benzene rings is 1. The summed E-state index contributed by atoms with van der Waals surface area (Å²) >= 11 is 7.74. The average molecular weight is 393 g/mol. The van der Waals surface area contributed by atoms with Crippen LogP contribution in [0.2, 0.25) is 5.02 Å². The van der Waals surface area contributed by atoms with E-state index in [-0.39, 0.29) is 5.69 Å². The molecule has 0 radical (unpaired) electrons. The van der Waals surface area contributed by atoms with Crippen LogP contribution in [0.1, 0.15) is 25.3 Å². The van der Waals surface area contributed by atoms with Gasteiger partial charge in [-0.1, -0.05) is 36.7 Å². The zero-order valence-electron chi connectivity index (χ0n) is 14.1. The summed E-state index contributed by atoms with van der Waals surface area (Å²) in [7, 11) is 0. The lowest BCUT2D eigenvalue weighted by Gasteiger charge is -2.07. The summed E-state index contributed by atoms with van der Waals surface area (Å²) in [6.45, 7) is 2.42. The highest BCUT2D eigenvalue weighted by Gasteiger charge is 2.15. The Morgan fingerprint density at radius 1 is 1.38 bits per heavy atom. The lowest BCUT2D eigenvalue weighted by atomic mass is 10.2. The van der Waals surface area contributed by atoms with Gasteiger partial charge >= 0.3 is 0 Å². The molecule has 0 bridgehead atoms. The first-order valence-electron chi connectivity index (χ1n) is 8.03. The summed E-state index contributed by atoms with van der Waals surface area (Å²) in [6, 6.07) is 4.35. The minimum atomic E-state index is -0.450. The maximum Gasteiger partial charge on any atom is 0.269 e. The first-order valence-corrected chi connectivity index (χ1v) is 9.40. The number of rotatable bonds is 7. The molecular weight excluding hydrogens is 376 g/mol. The SMILES string of the molecule is CCCCSc1nc(N)c2ncn(Cc3cc([N+](=O)[O-])ccc3Cl)c2n1. The van der Waals surface area contributed by atoms with Crippen LogP contribution in [0.4, 0.5) is 11.5 Å². The number of nitro groups is 1. The Hall–Kier alpha value is -2.39. The smallest absolute Gasteiger partial charge is 0.269 e. The Balaban J connectivity index is 1.95. The molecule has 0 fully saturated rings. The predicted molar refractivity (Wildman–Crippen MR) is 103 cm³/mol. The van der Waals surface area contributed by atoms with Crippen molar-refractivity contribution in [2.24, 2.45) is 0 Å². The molecule has 8 nitrogen and oxygen atoms in total. The molecular formula is C16H17ClN6O2S. The predicted octanol–water partition coefficient (Wildman–Crippen LogP) is 3.91. The normalized spacial score (nSPS) is 11.2. The van der Waals surface area contributed by atoms with Crippen molar-refractivity contribution >= 4 is 46.0 Å². The van der Waals surface area contributed by atoms with Gasteiger partial charge in [0.1, 0.15) is 5.52 Å². The zero-order chi connectivity index (χ0) is 18.7. The molecule has 0 amide bonds. The maximum atomic E-state index is 11.0. The van der Waals surface area contributed by atoms with Gasteiger partial charge in [-0.15, -0.1) is 0 Å². The molecule has 0 aliphatic rings. The molecule has 0 spiro atoms. The molecule has 0 aliphatic carbocycles. The third-order valence-electron chi connectivity index (χ3n) is 3.78. The highest BCUT2D eigenvalue weighted by molar-refractivity contribution is 7.99. The standard InChI is InChI=1S/C16H17ClN6O2S/c1-2-3-6-26-16-20-14(18)13-15(21-16)22(9-19-13)8-10-7-11(23(24)25)4-5-12(10)17/h4-5,7,9H,2-3,6,8H2,1H3,(H2,18,20,21). The van der Waals surface area contributed by atoms with E-state index in [0.29, 0.717) is 39.3 Å². The average Bonchev–Trinajstić information content (AvgIpc) is 3.00. The topological polar surface area (TPSA) is 113 Å². The number of halogens is 1. The molecule has 0 atom stereocenters.